The van der Waals surface area contributed by atoms with Gasteiger partial charge in [-0.3, -0.25) is 0 Å². The quantitative estimate of drug-likeness (QED) is 0.690. The van der Waals surface area contributed by atoms with Crippen molar-refractivity contribution < 1.29 is 5.11 Å². The summed E-state index contributed by atoms with van der Waals surface area (Å²) in [5.74, 6) is 0. The fourth-order valence-electron chi connectivity index (χ4n) is 2.16. The van der Waals surface area contributed by atoms with Gasteiger partial charge in [-0.2, -0.15) is 0 Å². The van der Waals surface area contributed by atoms with Gasteiger partial charge in [0.25, 0.3) is 0 Å². The Bertz CT molecular complexity index is 672. The first-order valence-electron chi connectivity index (χ1n) is 7.23. The summed E-state index contributed by atoms with van der Waals surface area (Å²) in [5, 5.41) is 10.4. The Morgan fingerprint density at radius 2 is 1.27 bits per heavy atom. The van der Waals surface area contributed by atoms with Gasteiger partial charge >= 0.3 is 17.1 Å². The molecule has 22 heavy (non-hydrogen) atoms. The standard InChI is InChI=1S/C15H23N3O4/c1-5-9-16-12(19)17(10-6-2)14(21)18(13(16)20)11-15(22,7-3)8-4/h5-6,22H,1-2,7-11H2,3-4H3. The summed E-state index contributed by atoms with van der Waals surface area (Å²) < 4.78 is 2.74. The highest BCUT2D eigenvalue weighted by atomic mass is 16.3. The molecule has 0 aliphatic rings. The van der Waals surface area contributed by atoms with E-state index in [-0.39, 0.29) is 19.6 Å². The normalized spacial score (nSPS) is 11.4. The second-order valence-corrected chi connectivity index (χ2v) is 5.16. The Balaban J connectivity index is 3.66. The fourth-order valence-corrected chi connectivity index (χ4v) is 2.16. The Kier molecular flexibility index (Phi) is 5.87. The lowest BCUT2D eigenvalue weighted by molar-refractivity contribution is 0.0116. The van der Waals surface area contributed by atoms with E-state index in [1.54, 1.807) is 13.8 Å². The summed E-state index contributed by atoms with van der Waals surface area (Å²) in [6.45, 7) is 10.4. The molecule has 0 spiro atoms. The number of rotatable bonds is 8. The van der Waals surface area contributed by atoms with E-state index in [2.05, 4.69) is 13.2 Å². The summed E-state index contributed by atoms with van der Waals surface area (Å²) in [6, 6.07) is 0. The SMILES string of the molecule is C=CCn1c(=O)n(CC=C)c(=O)n(CC(O)(CC)CC)c1=O. The Labute approximate surface area is 128 Å². The highest BCUT2D eigenvalue weighted by molar-refractivity contribution is 4.87. The van der Waals surface area contributed by atoms with Crippen LogP contribution in [0.5, 0.6) is 0 Å². The maximum absolute atomic E-state index is 12.4. The van der Waals surface area contributed by atoms with Crippen LogP contribution in [0, 0.1) is 0 Å². The zero-order valence-electron chi connectivity index (χ0n) is 13.1. The Morgan fingerprint density at radius 1 is 0.909 bits per heavy atom. The van der Waals surface area contributed by atoms with Gasteiger partial charge in [0.05, 0.1) is 25.2 Å². The van der Waals surface area contributed by atoms with Crippen LogP contribution in [-0.4, -0.2) is 24.4 Å². The molecule has 0 radical (unpaired) electrons. The third kappa shape index (κ3) is 3.36. The van der Waals surface area contributed by atoms with Crippen molar-refractivity contribution in [3.05, 3.63) is 56.8 Å². The van der Waals surface area contributed by atoms with Crippen LogP contribution in [0.4, 0.5) is 0 Å². The number of aliphatic hydroxyl groups is 1. The molecule has 7 heteroatoms. The first kappa shape index (κ1) is 17.9. The third-order valence-corrected chi connectivity index (χ3v) is 3.78. The average Bonchev–Trinajstić information content (AvgIpc) is 2.52. The lowest BCUT2D eigenvalue weighted by atomic mass is 9.97. The van der Waals surface area contributed by atoms with Gasteiger partial charge in [0.1, 0.15) is 0 Å². The molecule has 1 aromatic heterocycles. The maximum Gasteiger partial charge on any atom is 0.336 e. The van der Waals surface area contributed by atoms with Gasteiger partial charge in [0, 0.05) is 0 Å². The number of aromatic nitrogens is 3. The summed E-state index contributed by atoms with van der Waals surface area (Å²) in [6.07, 6.45) is 3.58. The van der Waals surface area contributed by atoms with Crippen LogP contribution in [-0.2, 0) is 19.6 Å². The first-order chi connectivity index (χ1) is 10.3. The molecule has 1 rings (SSSR count). The third-order valence-electron chi connectivity index (χ3n) is 3.78. The number of hydrogen-bond donors (Lipinski definition) is 1. The summed E-state index contributed by atoms with van der Waals surface area (Å²) in [4.78, 5) is 37.0. The van der Waals surface area contributed by atoms with Crippen LogP contribution in [0.1, 0.15) is 26.7 Å². The van der Waals surface area contributed by atoms with Crippen molar-refractivity contribution in [2.75, 3.05) is 0 Å². The molecule has 0 fully saturated rings. The number of hydrogen-bond acceptors (Lipinski definition) is 4. The van der Waals surface area contributed by atoms with Gasteiger partial charge in [0.15, 0.2) is 0 Å². The van der Waals surface area contributed by atoms with Gasteiger partial charge in [-0.1, -0.05) is 26.0 Å². The smallest absolute Gasteiger partial charge is 0.336 e. The second-order valence-electron chi connectivity index (χ2n) is 5.16. The van der Waals surface area contributed by atoms with Gasteiger partial charge in [0.2, 0.25) is 0 Å². The molecule has 0 bridgehead atoms. The largest absolute Gasteiger partial charge is 0.388 e. The zero-order chi connectivity index (χ0) is 16.9. The minimum atomic E-state index is -1.18. The van der Waals surface area contributed by atoms with Crippen LogP contribution in [0.25, 0.3) is 0 Å². The van der Waals surface area contributed by atoms with E-state index in [9.17, 15) is 19.5 Å². The fraction of sp³-hybridized carbons (Fsp3) is 0.533. The van der Waals surface area contributed by atoms with Crippen molar-refractivity contribution in [3.63, 3.8) is 0 Å². The van der Waals surface area contributed by atoms with E-state index < -0.39 is 22.7 Å². The predicted molar refractivity (Wildman–Crippen MR) is 85.1 cm³/mol. The molecule has 0 aliphatic heterocycles. The molecule has 0 amide bonds. The van der Waals surface area contributed by atoms with Crippen molar-refractivity contribution in [1.29, 1.82) is 0 Å². The van der Waals surface area contributed by atoms with Crippen molar-refractivity contribution >= 4 is 0 Å². The van der Waals surface area contributed by atoms with E-state index in [1.165, 1.54) is 12.2 Å². The van der Waals surface area contributed by atoms with E-state index in [4.69, 9.17) is 0 Å². The molecule has 7 nitrogen and oxygen atoms in total. The van der Waals surface area contributed by atoms with Gasteiger partial charge in [-0.15, -0.1) is 13.2 Å². The molecular formula is C15H23N3O4. The van der Waals surface area contributed by atoms with Crippen LogP contribution >= 0.6 is 0 Å². The molecule has 0 saturated heterocycles. The second kappa shape index (κ2) is 7.22. The van der Waals surface area contributed by atoms with Crippen molar-refractivity contribution in [2.45, 2.75) is 51.9 Å². The van der Waals surface area contributed by atoms with Gasteiger partial charge in [-0.25, -0.2) is 28.1 Å². The van der Waals surface area contributed by atoms with Crippen LogP contribution in [0.3, 0.4) is 0 Å². The Hall–Kier alpha value is -2.15. The molecule has 0 aliphatic carbocycles. The van der Waals surface area contributed by atoms with Crippen molar-refractivity contribution in [2.24, 2.45) is 0 Å². The van der Waals surface area contributed by atoms with Crippen LogP contribution in [0.2, 0.25) is 0 Å². The Morgan fingerprint density at radius 3 is 1.59 bits per heavy atom. The molecule has 122 valence electrons. The zero-order valence-corrected chi connectivity index (χ0v) is 13.1. The van der Waals surface area contributed by atoms with Crippen molar-refractivity contribution in [3.8, 4) is 0 Å². The number of allylic oxidation sites excluding steroid dienone is 2. The molecule has 1 N–H and O–H groups in total. The number of nitrogens with zero attached hydrogens (tertiary/aromatic N) is 3. The van der Waals surface area contributed by atoms with E-state index in [1.807, 2.05) is 0 Å². The van der Waals surface area contributed by atoms with Crippen LogP contribution < -0.4 is 17.1 Å². The first-order valence-corrected chi connectivity index (χ1v) is 7.23. The average molecular weight is 309 g/mol. The summed E-state index contributed by atoms with van der Waals surface area (Å²) >= 11 is 0. The van der Waals surface area contributed by atoms with E-state index in [0.29, 0.717) is 12.8 Å². The van der Waals surface area contributed by atoms with Gasteiger partial charge < -0.3 is 5.11 Å². The highest BCUT2D eigenvalue weighted by Crippen LogP contribution is 2.15. The molecule has 0 atom stereocenters. The topological polar surface area (TPSA) is 86.2 Å². The van der Waals surface area contributed by atoms with Crippen molar-refractivity contribution in [1.82, 2.24) is 13.7 Å². The lowest BCUT2D eigenvalue weighted by Gasteiger charge is -2.26. The van der Waals surface area contributed by atoms with Crippen LogP contribution in [0.15, 0.2) is 39.7 Å². The molecule has 1 heterocycles. The minimum absolute atomic E-state index is 0.00817. The minimum Gasteiger partial charge on any atom is -0.388 e. The van der Waals surface area contributed by atoms with E-state index in [0.717, 1.165) is 13.7 Å². The van der Waals surface area contributed by atoms with E-state index >= 15 is 0 Å². The van der Waals surface area contributed by atoms with Gasteiger partial charge in [-0.05, 0) is 12.8 Å². The summed E-state index contributed by atoms with van der Waals surface area (Å²) in [7, 11) is 0. The molecule has 1 aromatic rings. The maximum atomic E-state index is 12.4. The molecular weight excluding hydrogens is 286 g/mol. The molecule has 0 saturated carbocycles. The summed E-state index contributed by atoms with van der Waals surface area (Å²) in [5.41, 5.74) is -3.36. The molecule has 0 unspecified atom stereocenters. The monoisotopic (exact) mass is 309 g/mol. The lowest BCUT2D eigenvalue weighted by Crippen LogP contribution is -2.56. The predicted octanol–water partition coefficient (Wildman–Crippen LogP) is 0.0948. The highest BCUT2D eigenvalue weighted by Gasteiger charge is 2.26. The molecule has 0 aromatic carbocycles.